The van der Waals surface area contributed by atoms with Gasteiger partial charge in [0.05, 0.1) is 25.6 Å². The first-order valence-electron chi connectivity index (χ1n) is 5.20. The van der Waals surface area contributed by atoms with Crippen molar-refractivity contribution in [2.45, 2.75) is 31.5 Å². The van der Waals surface area contributed by atoms with E-state index in [1.165, 1.54) is 0 Å². The van der Waals surface area contributed by atoms with Crippen LogP contribution >= 0.6 is 0 Å². The van der Waals surface area contributed by atoms with Gasteiger partial charge in [-0.05, 0) is 6.92 Å². The van der Waals surface area contributed by atoms with Gasteiger partial charge in [-0.15, -0.1) is 0 Å². The summed E-state index contributed by atoms with van der Waals surface area (Å²) in [7, 11) is 0. The van der Waals surface area contributed by atoms with Crippen LogP contribution < -0.4 is 0 Å². The van der Waals surface area contributed by atoms with Gasteiger partial charge in [0, 0.05) is 0 Å². The first-order valence-corrected chi connectivity index (χ1v) is 5.20. The molecule has 7 nitrogen and oxygen atoms in total. The van der Waals surface area contributed by atoms with Crippen LogP contribution in [0.4, 0.5) is 0 Å². The van der Waals surface area contributed by atoms with E-state index >= 15 is 0 Å². The minimum absolute atomic E-state index is 0.157. The first kappa shape index (κ1) is 13.9. The third-order valence-corrected chi connectivity index (χ3v) is 2.16. The van der Waals surface area contributed by atoms with Crippen LogP contribution in [-0.4, -0.2) is 59.1 Å². The number of aliphatic hydroxyl groups excluding tert-OH is 3. The van der Waals surface area contributed by atoms with Crippen LogP contribution in [0.15, 0.2) is 12.3 Å². The Bertz CT molecular complexity index is 278. The smallest absolute Gasteiger partial charge is 0.333 e. The molecule has 0 spiro atoms. The number of hydrogen-bond acceptors (Lipinski definition) is 7. The second-order valence-electron chi connectivity index (χ2n) is 3.44. The molecule has 0 aromatic carbocycles. The Morgan fingerprint density at radius 2 is 2.12 bits per heavy atom. The minimum atomic E-state index is -1.38. The zero-order valence-electron chi connectivity index (χ0n) is 9.35. The van der Waals surface area contributed by atoms with Gasteiger partial charge in [0.25, 0.3) is 0 Å². The van der Waals surface area contributed by atoms with E-state index in [2.05, 4.69) is 4.74 Å². The largest absolute Gasteiger partial charge is 0.469 e. The Kier molecular flexibility index (Phi) is 5.36. The molecule has 3 N–H and O–H groups in total. The molecule has 0 amide bonds. The van der Waals surface area contributed by atoms with Crippen molar-refractivity contribution in [3.8, 4) is 0 Å². The summed E-state index contributed by atoms with van der Waals surface area (Å²) >= 11 is 0. The highest BCUT2D eigenvalue weighted by atomic mass is 16.7. The maximum atomic E-state index is 10.9. The molecule has 4 atom stereocenters. The minimum Gasteiger partial charge on any atom is -0.469 e. The van der Waals surface area contributed by atoms with E-state index in [0.29, 0.717) is 0 Å². The van der Waals surface area contributed by atoms with Gasteiger partial charge in [-0.25, -0.2) is 4.79 Å². The highest BCUT2D eigenvalue weighted by Gasteiger charge is 2.38. The zero-order valence-corrected chi connectivity index (χ0v) is 9.35. The van der Waals surface area contributed by atoms with Crippen molar-refractivity contribution in [1.82, 2.24) is 0 Å². The average molecular weight is 248 g/mol. The molecule has 0 aromatic rings. The van der Waals surface area contributed by atoms with Gasteiger partial charge in [-0.3, -0.25) is 0 Å². The lowest BCUT2D eigenvalue weighted by atomic mass is 10.1. The summed E-state index contributed by atoms with van der Waals surface area (Å²) in [4.78, 5) is 10.9. The summed E-state index contributed by atoms with van der Waals surface area (Å²) in [5.41, 5.74) is 0. The van der Waals surface area contributed by atoms with E-state index in [9.17, 15) is 15.0 Å². The molecule has 1 aliphatic heterocycles. The SMILES string of the molecule is CCOC(=O)/C=C/O[C@H]1OC[C@@H](O)[C@@H](O)[C@H]1O. The fraction of sp³-hybridized carbons (Fsp3) is 0.700. The molecule has 0 unspecified atom stereocenters. The molecule has 17 heavy (non-hydrogen) atoms. The topological polar surface area (TPSA) is 105 Å². The number of hydrogen-bond donors (Lipinski definition) is 3. The fourth-order valence-electron chi connectivity index (χ4n) is 1.26. The number of ether oxygens (including phenoxy) is 3. The van der Waals surface area contributed by atoms with Crippen LogP contribution in [0.25, 0.3) is 0 Å². The Morgan fingerprint density at radius 3 is 2.76 bits per heavy atom. The van der Waals surface area contributed by atoms with Crippen LogP contribution in [0.5, 0.6) is 0 Å². The maximum absolute atomic E-state index is 10.9. The number of aliphatic hydroxyl groups is 3. The van der Waals surface area contributed by atoms with Gasteiger partial charge in [-0.1, -0.05) is 0 Å². The predicted octanol–water partition coefficient (Wildman–Crippen LogP) is -1.48. The van der Waals surface area contributed by atoms with Crippen LogP contribution in [0.1, 0.15) is 6.92 Å². The van der Waals surface area contributed by atoms with E-state index in [-0.39, 0.29) is 13.2 Å². The third-order valence-electron chi connectivity index (χ3n) is 2.16. The van der Waals surface area contributed by atoms with Crippen LogP contribution in [-0.2, 0) is 19.0 Å². The van der Waals surface area contributed by atoms with Crippen molar-refractivity contribution in [2.75, 3.05) is 13.2 Å². The van der Waals surface area contributed by atoms with E-state index < -0.39 is 30.6 Å². The monoisotopic (exact) mass is 248 g/mol. The second kappa shape index (κ2) is 6.55. The molecular formula is C10H16O7. The Balaban J connectivity index is 2.39. The fourth-order valence-corrected chi connectivity index (χ4v) is 1.26. The summed E-state index contributed by atoms with van der Waals surface area (Å²) in [5.74, 6) is -0.585. The molecule has 7 heteroatoms. The summed E-state index contributed by atoms with van der Waals surface area (Å²) in [6.07, 6.45) is -2.97. The molecule has 0 aromatic heterocycles. The normalized spacial score (nSPS) is 33.6. The maximum Gasteiger partial charge on any atom is 0.333 e. The third kappa shape index (κ3) is 3.97. The predicted molar refractivity (Wildman–Crippen MR) is 54.6 cm³/mol. The number of esters is 1. The molecule has 1 rings (SSSR count). The van der Waals surface area contributed by atoms with Gasteiger partial charge in [0.2, 0.25) is 6.29 Å². The Hall–Kier alpha value is -1.15. The quantitative estimate of drug-likeness (QED) is 0.316. The van der Waals surface area contributed by atoms with E-state index in [1.54, 1.807) is 6.92 Å². The molecule has 1 heterocycles. The van der Waals surface area contributed by atoms with Crippen LogP contribution in [0, 0.1) is 0 Å². The average Bonchev–Trinajstić information content (AvgIpc) is 2.29. The molecule has 0 saturated carbocycles. The lowest BCUT2D eigenvalue weighted by Gasteiger charge is -2.34. The molecule has 0 bridgehead atoms. The highest BCUT2D eigenvalue weighted by molar-refractivity contribution is 5.81. The highest BCUT2D eigenvalue weighted by Crippen LogP contribution is 2.16. The number of carbonyl (C=O) groups excluding carboxylic acids is 1. The van der Waals surface area contributed by atoms with Crippen LogP contribution in [0.2, 0.25) is 0 Å². The van der Waals surface area contributed by atoms with Crippen molar-refractivity contribution >= 4 is 5.97 Å². The van der Waals surface area contributed by atoms with Crippen LogP contribution in [0.3, 0.4) is 0 Å². The first-order chi connectivity index (χ1) is 8.06. The van der Waals surface area contributed by atoms with Crippen molar-refractivity contribution in [3.63, 3.8) is 0 Å². The molecule has 0 aliphatic carbocycles. The summed E-state index contributed by atoms with van der Waals surface area (Å²) in [5, 5.41) is 28.0. The van der Waals surface area contributed by atoms with Crippen molar-refractivity contribution in [1.29, 1.82) is 0 Å². The lowest BCUT2D eigenvalue weighted by molar-refractivity contribution is -0.254. The van der Waals surface area contributed by atoms with Crippen molar-refractivity contribution < 1.29 is 34.3 Å². The molecular weight excluding hydrogens is 232 g/mol. The van der Waals surface area contributed by atoms with E-state index in [0.717, 1.165) is 12.3 Å². The molecule has 98 valence electrons. The summed E-state index contributed by atoms with van der Waals surface area (Å²) in [6.45, 7) is 1.76. The van der Waals surface area contributed by atoms with Gasteiger partial charge >= 0.3 is 5.97 Å². The standard InChI is InChI=1S/C10H16O7/c1-2-15-7(12)3-4-16-10-9(14)8(13)6(11)5-17-10/h3-4,6,8-11,13-14H,2,5H2,1H3/b4-3+/t6-,8-,9-,10+/m1/s1. The van der Waals surface area contributed by atoms with E-state index in [1.807, 2.05) is 0 Å². The molecule has 1 fully saturated rings. The van der Waals surface area contributed by atoms with Gasteiger partial charge in [0.1, 0.15) is 18.3 Å². The van der Waals surface area contributed by atoms with E-state index in [4.69, 9.17) is 14.6 Å². The van der Waals surface area contributed by atoms with Gasteiger partial charge in [0.15, 0.2) is 0 Å². The van der Waals surface area contributed by atoms with Crippen molar-refractivity contribution in [3.05, 3.63) is 12.3 Å². The number of rotatable bonds is 4. The Morgan fingerprint density at radius 1 is 1.41 bits per heavy atom. The molecule has 1 aliphatic rings. The zero-order chi connectivity index (χ0) is 12.8. The summed E-state index contributed by atoms with van der Waals surface area (Å²) < 4.78 is 14.4. The number of carbonyl (C=O) groups is 1. The second-order valence-corrected chi connectivity index (χ2v) is 3.44. The molecule has 1 saturated heterocycles. The lowest BCUT2D eigenvalue weighted by Crippen LogP contribution is -2.53. The molecule has 0 radical (unpaired) electrons. The summed E-state index contributed by atoms with van der Waals surface area (Å²) in [6, 6.07) is 0. The Labute approximate surface area is 98.2 Å². The van der Waals surface area contributed by atoms with Crippen molar-refractivity contribution in [2.24, 2.45) is 0 Å². The van der Waals surface area contributed by atoms with Gasteiger partial charge < -0.3 is 29.5 Å². The van der Waals surface area contributed by atoms with Gasteiger partial charge in [-0.2, -0.15) is 0 Å².